The fourth-order valence-electron chi connectivity index (χ4n) is 3.53. The maximum Gasteiger partial charge on any atom is 0.212 e. The lowest BCUT2D eigenvalue weighted by Crippen LogP contribution is -2.31. The molecule has 0 fully saturated rings. The third-order valence-electron chi connectivity index (χ3n) is 4.79. The summed E-state index contributed by atoms with van der Waals surface area (Å²) in [7, 11) is 2.14. The summed E-state index contributed by atoms with van der Waals surface area (Å²) in [5, 5.41) is 0. The van der Waals surface area contributed by atoms with Crippen molar-refractivity contribution in [3.05, 3.63) is 70.7 Å². The topological polar surface area (TPSA) is 16.8 Å². The molecule has 2 heteroatoms. The van der Waals surface area contributed by atoms with E-state index < -0.39 is 0 Å². The zero-order valence-corrected chi connectivity index (χ0v) is 14.1. The maximum absolute atomic E-state index is 4.72. The van der Waals surface area contributed by atoms with Crippen molar-refractivity contribution in [1.82, 2.24) is 4.98 Å². The largest absolute Gasteiger partial charge is 0.257 e. The van der Waals surface area contributed by atoms with E-state index in [2.05, 4.69) is 75.0 Å². The van der Waals surface area contributed by atoms with Crippen LogP contribution in [-0.2, 0) is 13.5 Å². The van der Waals surface area contributed by atoms with Crippen molar-refractivity contribution >= 4 is 0 Å². The van der Waals surface area contributed by atoms with E-state index in [1.165, 1.54) is 44.8 Å². The molecule has 114 valence electrons. The van der Waals surface area contributed by atoms with Crippen LogP contribution in [0.2, 0.25) is 0 Å². The maximum atomic E-state index is 4.72. The van der Waals surface area contributed by atoms with Crippen molar-refractivity contribution in [2.24, 2.45) is 7.05 Å². The van der Waals surface area contributed by atoms with E-state index in [4.69, 9.17) is 4.98 Å². The van der Waals surface area contributed by atoms with Crippen LogP contribution in [0.3, 0.4) is 0 Å². The molecular formula is C21H21N2+. The first-order chi connectivity index (χ1) is 11.0. The normalized spacial score (nSPS) is 12.2. The molecule has 3 aromatic rings. The molecule has 0 radical (unpaired) electrons. The second-order valence-corrected chi connectivity index (χ2v) is 6.65. The molecular weight excluding hydrogens is 280 g/mol. The lowest BCUT2D eigenvalue weighted by atomic mass is 9.99. The molecule has 2 nitrogen and oxygen atoms in total. The van der Waals surface area contributed by atoms with Crippen molar-refractivity contribution < 1.29 is 4.57 Å². The van der Waals surface area contributed by atoms with Crippen LogP contribution >= 0.6 is 0 Å². The zero-order chi connectivity index (χ0) is 16.1. The van der Waals surface area contributed by atoms with E-state index in [-0.39, 0.29) is 0 Å². The predicted molar refractivity (Wildman–Crippen MR) is 93.3 cm³/mol. The summed E-state index contributed by atoms with van der Waals surface area (Å²) in [4.78, 5) is 4.72. The Morgan fingerprint density at radius 1 is 0.913 bits per heavy atom. The lowest BCUT2D eigenvalue weighted by molar-refractivity contribution is -0.659. The number of aryl methyl sites for hydroxylation is 4. The molecule has 23 heavy (non-hydrogen) atoms. The average Bonchev–Trinajstić information content (AvgIpc) is 2.85. The zero-order valence-electron chi connectivity index (χ0n) is 14.1. The molecule has 0 saturated carbocycles. The minimum Gasteiger partial charge on any atom is -0.257 e. The fraction of sp³-hybridized carbons (Fsp3) is 0.238. The Kier molecular flexibility index (Phi) is 3.08. The molecule has 1 aliphatic rings. The first-order valence-electron chi connectivity index (χ1n) is 8.10. The summed E-state index contributed by atoms with van der Waals surface area (Å²) in [6.45, 7) is 6.39. The van der Waals surface area contributed by atoms with Gasteiger partial charge in [0.25, 0.3) is 0 Å². The van der Waals surface area contributed by atoms with Crippen LogP contribution < -0.4 is 4.57 Å². The van der Waals surface area contributed by atoms with Gasteiger partial charge in [-0.3, -0.25) is 4.98 Å². The van der Waals surface area contributed by atoms with Gasteiger partial charge in [-0.25, -0.2) is 4.57 Å². The molecule has 1 aliphatic carbocycles. The van der Waals surface area contributed by atoms with Gasteiger partial charge < -0.3 is 0 Å². The number of benzene rings is 1. The van der Waals surface area contributed by atoms with Crippen molar-refractivity contribution in [1.29, 1.82) is 0 Å². The van der Waals surface area contributed by atoms with Crippen molar-refractivity contribution in [3.63, 3.8) is 0 Å². The van der Waals surface area contributed by atoms with E-state index in [1.807, 2.05) is 0 Å². The molecule has 0 saturated heterocycles. The van der Waals surface area contributed by atoms with Crippen molar-refractivity contribution in [3.8, 4) is 22.4 Å². The third kappa shape index (κ3) is 2.26. The minimum atomic E-state index is 0.936. The average molecular weight is 301 g/mol. The molecule has 0 spiro atoms. The highest BCUT2D eigenvalue weighted by molar-refractivity contribution is 5.76. The van der Waals surface area contributed by atoms with Gasteiger partial charge in [-0.2, -0.15) is 0 Å². The molecule has 0 bridgehead atoms. The van der Waals surface area contributed by atoms with Gasteiger partial charge in [0, 0.05) is 29.3 Å². The molecule has 4 rings (SSSR count). The third-order valence-corrected chi connectivity index (χ3v) is 4.79. The van der Waals surface area contributed by atoms with Crippen LogP contribution in [-0.4, -0.2) is 4.98 Å². The molecule has 1 aromatic carbocycles. The smallest absolute Gasteiger partial charge is 0.212 e. The molecule has 0 N–H and O–H groups in total. The summed E-state index contributed by atoms with van der Waals surface area (Å²) in [5.41, 5.74) is 11.5. The van der Waals surface area contributed by atoms with Gasteiger partial charge >= 0.3 is 0 Å². The molecule has 0 unspecified atom stereocenters. The van der Waals surface area contributed by atoms with E-state index in [0.29, 0.717) is 0 Å². The SMILES string of the molecule is Cc1ccc(C)c(-c2cc3c(c[n+]2C)-c2ccc(C)nc2C3)c1. The Hall–Kier alpha value is -2.48. The molecule has 0 atom stereocenters. The van der Waals surface area contributed by atoms with Crippen LogP contribution in [0.1, 0.15) is 28.1 Å². The highest BCUT2D eigenvalue weighted by atomic mass is 14.9. The monoisotopic (exact) mass is 301 g/mol. The minimum absolute atomic E-state index is 0.936. The second-order valence-electron chi connectivity index (χ2n) is 6.65. The van der Waals surface area contributed by atoms with Gasteiger partial charge in [0.15, 0.2) is 6.20 Å². The first kappa shape index (κ1) is 14.1. The lowest BCUT2D eigenvalue weighted by Gasteiger charge is -2.08. The van der Waals surface area contributed by atoms with Crippen LogP contribution in [0.4, 0.5) is 0 Å². The van der Waals surface area contributed by atoms with E-state index in [9.17, 15) is 0 Å². The Morgan fingerprint density at radius 2 is 1.74 bits per heavy atom. The summed E-state index contributed by atoms with van der Waals surface area (Å²) in [6.07, 6.45) is 3.19. The van der Waals surface area contributed by atoms with Gasteiger partial charge in [0.05, 0.1) is 11.3 Å². The number of aromatic nitrogens is 2. The number of hydrogen-bond acceptors (Lipinski definition) is 1. The van der Waals surface area contributed by atoms with Gasteiger partial charge in [-0.1, -0.05) is 23.8 Å². The van der Waals surface area contributed by atoms with Gasteiger partial charge in [0.2, 0.25) is 5.69 Å². The number of pyridine rings is 2. The fourth-order valence-corrected chi connectivity index (χ4v) is 3.53. The Morgan fingerprint density at radius 3 is 2.57 bits per heavy atom. The van der Waals surface area contributed by atoms with Crippen LogP contribution in [0, 0.1) is 20.8 Å². The van der Waals surface area contributed by atoms with Crippen molar-refractivity contribution in [2.75, 3.05) is 0 Å². The van der Waals surface area contributed by atoms with E-state index >= 15 is 0 Å². The number of fused-ring (bicyclic) bond motifs is 3. The Labute approximate surface area is 137 Å². The molecule has 2 heterocycles. The quantitative estimate of drug-likeness (QED) is 0.484. The summed E-state index contributed by atoms with van der Waals surface area (Å²) in [6, 6.07) is 13.3. The Balaban J connectivity index is 1.90. The first-order valence-corrected chi connectivity index (χ1v) is 8.10. The Bertz CT molecular complexity index is 939. The molecule has 2 aromatic heterocycles. The van der Waals surface area contributed by atoms with Gasteiger partial charge in [-0.15, -0.1) is 0 Å². The van der Waals surface area contributed by atoms with Crippen LogP contribution in [0.5, 0.6) is 0 Å². The highest BCUT2D eigenvalue weighted by Crippen LogP contribution is 2.36. The van der Waals surface area contributed by atoms with Gasteiger partial charge in [0.1, 0.15) is 7.05 Å². The van der Waals surface area contributed by atoms with Crippen molar-refractivity contribution in [2.45, 2.75) is 27.2 Å². The molecule has 0 amide bonds. The summed E-state index contributed by atoms with van der Waals surface area (Å²) in [5.74, 6) is 0. The summed E-state index contributed by atoms with van der Waals surface area (Å²) >= 11 is 0. The summed E-state index contributed by atoms with van der Waals surface area (Å²) < 4.78 is 2.25. The predicted octanol–water partition coefficient (Wildman–Crippen LogP) is 4.07. The van der Waals surface area contributed by atoms with E-state index in [1.54, 1.807) is 0 Å². The standard InChI is InChI=1S/C21H21N2/c1-13-5-6-14(2)18(9-13)21-11-16-10-20-17(8-7-15(3)22-20)19(16)12-23(21)4/h5-9,11-12H,10H2,1-4H3/q+1. The second kappa shape index (κ2) is 5.02. The highest BCUT2D eigenvalue weighted by Gasteiger charge is 2.25. The van der Waals surface area contributed by atoms with Gasteiger partial charge in [-0.05, 0) is 44.0 Å². The number of nitrogens with zero attached hydrogens (tertiary/aromatic N) is 2. The van der Waals surface area contributed by atoms with Crippen LogP contribution in [0.15, 0.2) is 42.6 Å². The number of hydrogen-bond donors (Lipinski definition) is 0. The number of rotatable bonds is 1. The van der Waals surface area contributed by atoms with E-state index in [0.717, 1.165) is 12.1 Å². The molecule has 0 aliphatic heterocycles. The van der Waals surface area contributed by atoms with Crippen LogP contribution in [0.25, 0.3) is 22.4 Å².